The molecule has 1 N–H and O–H groups in total. The third-order valence-corrected chi connectivity index (χ3v) is 15.0. The van der Waals surface area contributed by atoms with Gasteiger partial charge in [0.25, 0.3) is 0 Å². The van der Waals surface area contributed by atoms with E-state index >= 15 is 0 Å². The van der Waals surface area contributed by atoms with Crippen molar-refractivity contribution >= 4 is 79.0 Å². The minimum atomic E-state index is -1.38. The van der Waals surface area contributed by atoms with Crippen LogP contribution in [0.1, 0.15) is 0 Å². The molecule has 2 aromatic carbocycles. The lowest BCUT2D eigenvalue weighted by Gasteiger charge is -2.12. The van der Waals surface area contributed by atoms with E-state index in [-0.39, 0.29) is 0 Å². The maximum absolute atomic E-state index is 5.11. The van der Waals surface area contributed by atoms with Crippen LogP contribution in [0.4, 0.5) is 0 Å². The molecule has 6 heteroatoms. The number of aromatic amines is 1. The van der Waals surface area contributed by atoms with E-state index in [4.69, 9.17) is 4.98 Å². The first-order valence-corrected chi connectivity index (χ1v) is 18.7. The van der Waals surface area contributed by atoms with E-state index in [1.165, 1.54) is 25.7 Å². The van der Waals surface area contributed by atoms with Crippen molar-refractivity contribution in [2.75, 3.05) is 0 Å². The average Bonchev–Trinajstić information content (AvgIpc) is 3.35. The van der Waals surface area contributed by atoms with Gasteiger partial charge in [0.2, 0.25) is 0 Å². The van der Waals surface area contributed by atoms with Crippen molar-refractivity contribution in [1.29, 1.82) is 0 Å². The fraction of sp³-hybridized carbons (Fsp3) is 0.261. The summed E-state index contributed by atoms with van der Waals surface area (Å²) < 4.78 is 6.02. The molecule has 0 bridgehead atoms. The highest BCUT2D eigenvalue weighted by atomic mass is 32.1. The van der Waals surface area contributed by atoms with Gasteiger partial charge in [-0.25, -0.2) is 4.98 Å². The topological polar surface area (TPSA) is 28.7 Å². The first-order chi connectivity index (χ1) is 13.6. The van der Waals surface area contributed by atoms with E-state index in [0.29, 0.717) is 0 Å². The first-order valence-electron chi connectivity index (χ1n) is 10.1. The van der Waals surface area contributed by atoms with Crippen molar-refractivity contribution in [3.8, 4) is 11.4 Å². The van der Waals surface area contributed by atoms with E-state index in [1.807, 2.05) is 22.7 Å². The zero-order chi connectivity index (χ0) is 20.6. The van der Waals surface area contributed by atoms with Crippen molar-refractivity contribution in [2.45, 2.75) is 39.3 Å². The van der Waals surface area contributed by atoms with Crippen molar-refractivity contribution in [1.82, 2.24) is 9.97 Å². The molecule has 5 rings (SSSR count). The Hall–Kier alpha value is -1.74. The lowest BCUT2D eigenvalue weighted by atomic mass is 10.2. The van der Waals surface area contributed by atoms with E-state index in [2.05, 4.69) is 86.7 Å². The predicted octanol–water partition coefficient (Wildman–Crippen LogP) is 6.75. The van der Waals surface area contributed by atoms with Gasteiger partial charge >= 0.3 is 0 Å². The number of nitrogens with one attached hydrogen (secondary N) is 1. The van der Waals surface area contributed by atoms with Crippen LogP contribution in [0.2, 0.25) is 39.3 Å². The van der Waals surface area contributed by atoms with Crippen LogP contribution in [0.5, 0.6) is 0 Å². The standard InChI is InChI=1S/C23H26N2S2Si2/c1-28(2,3)17-12-15-19-20(25-23(24-19)14-10-8-7-9-11-14)16-13-18(29(4,5)6)27-22(16)21(15)26-17/h7-13H,1-6H3,(H,24,25). The molecule has 0 amide bonds. The molecule has 5 aromatic rings. The predicted molar refractivity (Wildman–Crippen MR) is 138 cm³/mol. The number of benzene rings is 2. The highest BCUT2D eigenvalue weighted by Gasteiger charge is 2.26. The van der Waals surface area contributed by atoms with Gasteiger partial charge in [-0.15, -0.1) is 22.7 Å². The van der Waals surface area contributed by atoms with Gasteiger partial charge in [-0.1, -0.05) is 69.6 Å². The summed E-state index contributed by atoms with van der Waals surface area (Å²) in [5.41, 5.74) is 3.48. The molecule has 0 spiro atoms. The Kier molecular flexibility index (Phi) is 4.23. The van der Waals surface area contributed by atoms with Crippen LogP contribution in [0, 0.1) is 0 Å². The number of imidazole rings is 1. The summed E-state index contributed by atoms with van der Waals surface area (Å²) in [5.74, 6) is 0.968. The molecule has 0 atom stereocenters. The largest absolute Gasteiger partial charge is 0.337 e. The smallest absolute Gasteiger partial charge is 0.138 e. The molecule has 0 aliphatic heterocycles. The molecule has 0 saturated carbocycles. The Balaban J connectivity index is 1.92. The van der Waals surface area contributed by atoms with Crippen LogP contribution in [0.15, 0.2) is 42.5 Å². The molecule has 0 radical (unpaired) electrons. The molecular formula is C23H26N2S2Si2. The fourth-order valence-corrected chi connectivity index (χ4v) is 9.92. The quantitative estimate of drug-likeness (QED) is 0.303. The van der Waals surface area contributed by atoms with Crippen LogP contribution < -0.4 is 9.00 Å². The van der Waals surface area contributed by atoms with Gasteiger partial charge in [-0.05, 0) is 21.1 Å². The number of nitrogens with zero attached hydrogens (tertiary/aromatic N) is 1. The highest BCUT2D eigenvalue weighted by molar-refractivity contribution is 7.37. The van der Waals surface area contributed by atoms with Gasteiger partial charge in [0.15, 0.2) is 0 Å². The number of aromatic nitrogens is 2. The van der Waals surface area contributed by atoms with Gasteiger partial charge in [0, 0.05) is 16.3 Å². The number of fused-ring (bicyclic) bond motifs is 6. The molecule has 0 aliphatic rings. The van der Waals surface area contributed by atoms with Crippen LogP contribution in [-0.2, 0) is 0 Å². The average molecular weight is 451 g/mol. The summed E-state index contributed by atoms with van der Waals surface area (Å²) in [7, 11) is -2.76. The third kappa shape index (κ3) is 3.13. The summed E-state index contributed by atoms with van der Waals surface area (Å²) in [6.45, 7) is 14.6. The summed E-state index contributed by atoms with van der Waals surface area (Å²) in [6, 6.07) is 15.4. The Bertz CT molecular complexity index is 1280. The minimum absolute atomic E-state index is 0.968. The zero-order valence-corrected chi connectivity index (χ0v) is 21.4. The lowest BCUT2D eigenvalue weighted by molar-refractivity contribution is 1.34. The normalized spacial score (nSPS) is 13.2. The SMILES string of the molecule is C[Si](C)(C)c1cc2c3nc(-c4ccccc4)[nH]c3c3cc([Si](C)(C)C)sc3c2s1. The van der Waals surface area contributed by atoms with E-state index < -0.39 is 16.1 Å². The highest BCUT2D eigenvalue weighted by Crippen LogP contribution is 2.40. The maximum atomic E-state index is 5.11. The Morgan fingerprint density at radius 2 is 1.31 bits per heavy atom. The summed E-state index contributed by atoms with van der Waals surface area (Å²) in [6.07, 6.45) is 0. The lowest BCUT2D eigenvalue weighted by Crippen LogP contribution is -2.34. The fourth-order valence-electron chi connectivity index (χ4n) is 3.72. The monoisotopic (exact) mass is 450 g/mol. The molecule has 148 valence electrons. The van der Waals surface area contributed by atoms with Crippen LogP contribution in [-0.4, -0.2) is 26.1 Å². The van der Waals surface area contributed by atoms with E-state index in [9.17, 15) is 0 Å². The van der Waals surface area contributed by atoms with Crippen molar-refractivity contribution < 1.29 is 0 Å². The third-order valence-electron chi connectivity index (χ3n) is 5.42. The molecule has 0 aliphatic carbocycles. The molecule has 2 nitrogen and oxygen atoms in total. The molecule has 0 unspecified atom stereocenters. The molecule has 3 aromatic heterocycles. The first kappa shape index (κ1) is 19.2. The molecule has 3 heterocycles. The molecular weight excluding hydrogens is 425 g/mol. The van der Waals surface area contributed by atoms with Crippen molar-refractivity contribution in [3.05, 3.63) is 42.5 Å². The number of H-pyrrole nitrogens is 1. The van der Waals surface area contributed by atoms with Gasteiger partial charge < -0.3 is 4.98 Å². The Morgan fingerprint density at radius 3 is 1.90 bits per heavy atom. The molecule has 0 fully saturated rings. The van der Waals surface area contributed by atoms with Crippen molar-refractivity contribution in [2.24, 2.45) is 0 Å². The van der Waals surface area contributed by atoms with Gasteiger partial charge in [-0.2, -0.15) is 0 Å². The van der Waals surface area contributed by atoms with Crippen LogP contribution in [0.25, 0.3) is 42.6 Å². The van der Waals surface area contributed by atoms with Gasteiger partial charge in [0.05, 0.1) is 36.6 Å². The second-order valence-corrected chi connectivity index (χ2v) is 22.8. The van der Waals surface area contributed by atoms with E-state index in [1.54, 1.807) is 9.00 Å². The molecule has 29 heavy (non-hydrogen) atoms. The van der Waals surface area contributed by atoms with Gasteiger partial charge in [0.1, 0.15) is 5.82 Å². The molecule has 0 saturated heterocycles. The number of rotatable bonds is 3. The number of hydrogen-bond donors (Lipinski definition) is 1. The van der Waals surface area contributed by atoms with Crippen molar-refractivity contribution in [3.63, 3.8) is 0 Å². The summed E-state index contributed by atoms with van der Waals surface area (Å²) in [4.78, 5) is 8.80. The second kappa shape index (κ2) is 6.38. The summed E-state index contributed by atoms with van der Waals surface area (Å²) >= 11 is 4.03. The Labute approximate surface area is 181 Å². The van der Waals surface area contributed by atoms with Crippen LogP contribution in [0.3, 0.4) is 0 Å². The number of hydrogen-bond acceptors (Lipinski definition) is 3. The minimum Gasteiger partial charge on any atom is -0.337 e. The number of thiophene rings is 2. The summed E-state index contributed by atoms with van der Waals surface area (Å²) in [5, 5.41) is 2.69. The zero-order valence-electron chi connectivity index (χ0n) is 17.8. The van der Waals surface area contributed by atoms with E-state index in [0.717, 1.165) is 16.9 Å². The van der Waals surface area contributed by atoms with Gasteiger partial charge in [-0.3, -0.25) is 0 Å². The van der Waals surface area contributed by atoms with Crippen LogP contribution >= 0.6 is 22.7 Å². The Morgan fingerprint density at radius 1 is 0.759 bits per heavy atom. The second-order valence-electron chi connectivity index (χ2n) is 9.88. The maximum Gasteiger partial charge on any atom is 0.138 e.